The highest BCUT2D eigenvalue weighted by atomic mass is 16.2. The molecule has 7 nitrogen and oxygen atoms in total. The first-order chi connectivity index (χ1) is 8.95. The highest BCUT2D eigenvalue weighted by molar-refractivity contribution is 6.02. The molecular weight excluding hydrogens is 248 g/mol. The fourth-order valence-corrected chi connectivity index (χ4v) is 1.74. The van der Waals surface area contributed by atoms with Crippen LogP contribution in [0.4, 0.5) is 5.69 Å². The minimum atomic E-state index is -0.828. The topological polar surface area (TPSA) is 108 Å². The third-order valence-electron chi connectivity index (χ3n) is 2.41. The van der Waals surface area contributed by atoms with Gasteiger partial charge in [0.1, 0.15) is 0 Å². The quantitative estimate of drug-likeness (QED) is 0.723. The van der Waals surface area contributed by atoms with Crippen LogP contribution < -0.4 is 16.6 Å². The first-order valence-electron chi connectivity index (χ1n) is 5.54. The molecule has 0 saturated heterocycles. The van der Waals surface area contributed by atoms with E-state index in [0.717, 1.165) is 11.1 Å². The summed E-state index contributed by atoms with van der Waals surface area (Å²) in [6.45, 7) is 3.79. The second-order valence-electron chi connectivity index (χ2n) is 4.19. The maximum absolute atomic E-state index is 11.9. The predicted octanol–water partition coefficient (Wildman–Crippen LogP) is 0.327. The van der Waals surface area contributed by atoms with E-state index in [2.05, 4.69) is 10.4 Å². The lowest BCUT2D eigenvalue weighted by Crippen LogP contribution is -2.32. The normalized spacial score (nSPS) is 10.2. The van der Waals surface area contributed by atoms with Crippen molar-refractivity contribution in [2.75, 3.05) is 5.32 Å². The average Bonchev–Trinajstić information content (AvgIpc) is 2.26. The fourth-order valence-electron chi connectivity index (χ4n) is 1.74. The van der Waals surface area contributed by atoms with E-state index >= 15 is 0 Å². The van der Waals surface area contributed by atoms with Gasteiger partial charge in [-0.3, -0.25) is 14.6 Å². The van der Waals surface area contributed by atoms with Crippen molar-refractivity contribution in [3.8, 4) is 0 Å². The molecule has 0 atom stereocenters. The molecule has 0 bridgehead atoms. The number of carbonyl (C=O) groups excluding carboxylic acids is 1. The summed E-state index contributed by atoms with van der Waals surface area (Å²) in [5, 5.41) is 7.99. The SMILES string of the molecule is Cc1cc(C)cc(NC(=O)c2n[nH]c(=O)[nH]c2=O)c1. The molecule has 0 unspecified atom stereocenters. The Bertz CT molecular complexity index is 725. The van der Waals surface area contributed by atoms with E-state index in [-0.39, 0.29) is 0 Å². The van der Waals surface area contributed by atoms with Crippen molar-refractivity contribution in [2.24, 2.45) is 0 Å². The van der Waals surface area contributed by atoms with Crippen molar-refractivity contribution in [1.82, 2.24) is 15.2 Å². The van der Waals surface area contributed by atoms with Gasteiger partial charge in [0.2, 0.25) is 5.69 Å². The number of carbonyl (C=O) groups is 1. The first-order valence-corrected chi connectivity index (χ1v) is 5.54. The van der Waals surface area contributed by atoms with Gasteiger partial charge in [-0.2, -0.15) is 5.10 Å². The number of hydrogen-bond acceptors (Lipinski definition) is 4. The van der Waals surface area contributed by atoms with Gasteiger partial charge in [-0.15, -0.1) is 0 Å². The Balaban J connectivity index is 2.30. The Morgan fingerprint density at radius 2 is 1.79 bits per heavy atom. The minimum Gasteiger partial charge on any atom is -0.320 e. The molecule has 0 spiro atoms. The lowest BCUT2D eigenvalue weighted by atomic mass is 10.1. The third kappa shape index (κ3) is 2.95. The van der Waals surface area contributed by atoms with Gasteiger partial charge in [0.25, 0.3) is 11.5 Å². The summed E-state index contributed by atoms with van der Waals surface area (Å²) >= 11 is 0. The van der Waals surface area contributed by atoms with Crippen LogP contribution in [-0.4, -0.2) is 21.1 Å². The molecule has 0 aliphatic carbocycles. The number of hydrogen-bond donors (Lipinski definition) is 3. The molecule has 1 amide bonds. The number of aromatic amines is 2. The van der Waals surface area contributed by atoms with E-state index in [0.29, 0.717) is 5.69 Å². The van der Waals surface area contributed by atoms with Crippen LogP contribution >= 0.6 is 0 Å². The van der Waals surface area contributed by atoms with Crippen LogP contribution in [0.5, 0.6) is 0 Å². The van der Waals surface area contributed by atoms with E-state index in [9.17, 15) is 14.4 Å². The zero-order valence-corrected chi connectivity index (χ0v) is 10.4. The Hall–Kier alpha value is -2.70. The number of anilines is 1. The standard InChI is InChI=1S/C12H12N4O3/c1-6-3-7(2)5-8(4-6)13-10(17)9-11(18)14-12(19)16-15-9/h3-5H,1-2H3,(H,13,17)(H2,14,16,18,19). The molecule has 3 N–H and O–H groups in total. The summed E-state index contributed by atoms with van der Waals surface area (Å²) in [6, 6.07) is 5.50. The first kappa shape index (κ1) is 12.7. The van der Waals surface area contributed by atoms with Gasteiger partial charge in [0.15, 0.2) is 0 Å². The Morgan fingerprint density at radius 1 is 1.16 bits per heavy atom. The van der Waals surface area contributed by atoms with Crippen LogP contribution in [0, 0.1) is 13.8 Å². The summed E-state index contributed by atoms with van der Waals surface area (Å²) in [6.07, 6.45) is 0. The number of H-pyrrole nitrogens is 2. The predicted molar refractivity (Wildman–Crippen MR) is 69.3 cm³/mol. The molecule has 1 aromatic heterocycles. The summed E-state index contributed by atoms with van der Waals surface area (Å²) in [4.78, 5) is 36.0. The molecule has 98 valence electrons. The average molecular weight is 260 g/mol. The zero-order chi connectivity index (χ0) is 14.0. The van der Waals surface area contributed by atoms with Crippen LogP contribution in [0.2, 0.25) is 0 Å². The smallest absolute Gasteiger partial charge is 0.320 e. The van der Waals surface area contributed by atoms with Crippen molar-refractivity contribution in [3.63, 3.8) is 0 Å². The number of aryl methyl sites for hydroxylation is 2. The van der Waals surface area contributed by atoms with Crippen LogP contribution in [-0.2, 0) is 0 Å². The van der Waals surface area contributed by atoms with E-state index in [1.165, 1.54) is 0 Å². The molecule has 19 heavy (non-hydrogen) atoms. The van der Waals surface area contributed by atoms with Crippen molar-refractivity contribution in [1.29, 1.82) is 0 Å². The minimum absolute atomic E-state index is 0.390. The van der Waals surface area contributed by atoms with Gasteiger partial charge in [-0.1, -0.05) is 6.07 Å². The Labute approximate surface area is 107 Å². The summed E-state index contributed by atoms with van der Waals surface area (Å²) in [5.41, 5.74) is 0.560. The number of rotatable bonds is 2. The molecule has 0 radical (unpaired) electrons. The van der Waals surface area contributed by atoms with Crippen LogP contribution in [0.3, 0.4) is 0 Å². The molecule has 2 rings (SSSR count). The van der Waals surface area contributed by atoms with Gasteiger partial charge in [0.05, 0.1) is 0 Å². The highest BCUT2D eigenvalue weighted by Gasteiger charge is 2.13. The molecule has 0 saturated carbocycles. The van der Waals surface area contributed by atoms with Gasteiger partial charge < -0.3 is 5.32 Å². The van der Waals surface area contributed by atoms with Gasteiger partial charge >= 0.3 is 5.69 Å². The largest absolute Gasteiger partial charge is 0.342 e. The van der Waals surface area contributed by atoms with E-state index in [1.54, 1.807) is 12.1 Å². The molecule has 0 aliphatic rings. The number of amides is 1. The lowest BCUT2D eigenvalue weighted by Gasteiger charge is -2.06. The molecular formula is C12H12N4O3. The zero-order valence-electron chi connectivity index (χ0n) is 10.4. The maximum Gasteiger partial charge on any atom is 0.342 e. The fraction of sp³-hybridized carbons (Fsp3) is 0.167. The second kappa shape index (κ2) is 4.89. The molecule has 7 heteroatoms. The molecule has 0 aliphatic heterocycles. The maximum atomic E-state index is 11.9. The van der Waals surface area contributed by atoms with Crippen LogP contribution in [0.25, 0.3) is 0 Å². The van der Waals surface area contributed by atoms with E-state index < -0.39 is 22.9 Å². The monoisotopic (exact) mass is 260 g/mol. The molecule has 2 aromatic rings. The van der Waals surface area contributed by atoms with Gasteiger partial charge in [-0.25, -0.2) is 9.89 Å². The van der Waals surface area contributed by atoms with Crippen molar-refractivity contribution in [3.05, 3.63) is 55.9 Å². The highest BCUT2D eigenvalue weighted by Crippen LogP contribution is 2.13. The molecule has 0 fully saturated rings. The Kier molecular flexibility index (Phi) is 3.28. The molecule has 1 heterocycles. The summed E-state index contributed by atoms with van der Waals surface area (Å²) in [5.74, 6) is -0.678. The Morgan fingerprint density at radius 3 is 2.37 bits per heavy atom. The number of nitrogens with one attached hydrogen (secondary N) is 3. The van der Waals surface area contributed by atoms with Gasteiger partial charge in [-0.05, 0) is 37.1 Å². The number of aromatic nitrogens is 3. The molecule has 1 aromatic carbocycles. The summed E-state index contributed by atoms with van der Waals surface area (Å²) < 4.78 is 0. The summed E-state index contributed by atoms with van der Waals surface area (Å²) in [7, 11) is 0. The van der Waals surface area contributed by atoms with Crippen LogP contribution in [0.15, 0.2) is 27.8 Å². The number of benzene rings is 1. The van der Waals surface area contributed by atoms with Crippen molar-refractivity contribution in [2.45, 2.75) is 13.8 Å². The van der Waals surface area contributed by atoms with Gasteiger partial charge in [0, 0.05) is 5.69 Å². The van der Waals surface area contributed by atoms with E-state index in [4.69, 9.17) is 0 Å². The lowest BCUT2D eigenvalue weighted by molar-refractivity contribution is 0.101. The van der Waals surface area contributed by atoms with Crippen LogP contribution in [0.1, 0.15) is 21.6 Å². The van der Waals surface area contributed by atoms with E-state index in [1.807, 2.05) is 30.0 Å². The number of nitrogens with zero attached hydrogens (tertiary/aromatic N) is 1. The van der Waals surface area contributed by atoms with Crippen molar-refractivity contribution < 1.29 is 4.79 Å². The second-order valence-corrected chi connectivity index (χ2v) is 4.19. The van der Waals surface area contributed by atoms with Crippen molar-refractivity contribution >= 4 is 11.6 Å². The third-order valence-corrected chi connectivity index (χ3v) is 2.41.